The summed E-state index contributed by atoms with van der Waals surface area (Å²) in [7, 11) is 0. The van der Waals surface area contributed by atoms with Gasteiger partial charge in [-0.05, 0) is 25.2 Å². The maximum Gasteiger partial charge on any atom is 0.220 e. The van der Waals surface area contributed by atoms with E-state index in [2.05, 4.69) is 9.88 Å². The highest BCUT2D eigenvalue weighted by atomic mass is 16.4. The Morgan fingerprint density at radius 1 is 1.45 bits per heavy atom. The number of carbonyl (C=O) groups excluding carboxylic acids is 1. The zero-order valence-corrected chi connectivity index (χ0v) is 13.8. The lowest BCUT2D eigenvalue weighted by Crippen LogP contribution is -2.41. The van der Waals surface area contributed by atoms with E-state index in [0.29, 0.717) is 18.5 Å². The van der Waals surface area contributed by atoms with Crippen LogP contribution in [0, 0.1) is 5.92 Å². The Bertz CT molecular complexity index is 510. The van der Waals surface area contributed by atoms with E-state index in [1.165, 1.54) is 25.8 Å². The summed E-state index contributed by atoms with van der Waals surface area (Å²) in [6.45, 7) is 7.51. The molecule has 1 aromatic heterocycles. The summed E-state index contributed by atoms with van der Waals surface area (Å²) in [5.74, 6) is 2.55. The topological polar surface area (TPSA) is 49.6 Å². The van der Waals surface area contributed by atoms with Crippen LogP contribution in [0.2, 0.25) is 0 Å². The molecule has 122 valence electrons. The van der Waals surface area contributed by atoms with Gasteiger partial charge in [-0.1, -0.05) is 13.3 Å². The minimum atomic E-state index is 0.117. The molecule has 1 aliphatic heterocycles. The molecule has 0 aromatic carbocycles. The van der Waals surface area contributed by atoms with Crippen molar-refractivity contribution in [2.24, 2.45) is 5.92 Å². The molecule has 1 aliphatic carbocycles. The number of amides is 1. The molecule has 2 heterocycles. The van der Waals surface area contributed by atoms with E-state index >= 15 is 0 Å². The summed E-state index contributed by atoms with van der Waals surface area (Å²) >= 11 is 0. The van der Waals surface area contributed by atoms with Gasteiger partial charge in [-0.3, -0.25) is 4.79 Å². The predicted molar refractivity (Wildman–Crippen MR) is 84.3 cm³/mol. The lowest BCUT2D eigenvalue weighted by atomic mass is 9.85. The third-order valence-electron chi connectivity index (χ3n) is 5.09. The lowest BCUT2D eigenvalue weighted by molar-refractivity contribution is -0.132. The van der Waals surface area contributed by atoms with E-state index in [9.17, 15) is 4.79 Å². The Balaban J connectivity index is 1.57. The van der Waals surface area contributed by atoms with Gasteiger partial charge in [-0.15, -0.1) is 0 Å². The molecular formula is C17H27N3O2. The molecule has 1 saturated carbocycles. The van der Waals surface area contributed by atoms with Crippen LogP contribution < -0.4 is 0 Å². The number of likely N-dealkylation sites (tertiary alicyclic amines) is 1. The van der Waals surface area contributed by atoms with Crippen LogP contribution in [0.4, 0.5) is 0 Å². The monoisotopic (exact) mass is 305 g/mol. The maximum atomic E-state index is 12.0. The quantitative estimate of drug-likeness (QED) is 0.810. The van der Waals surface area contributed by atoms with Crippen molar-refractivity contribution in [3.63, 3.8) is 0 Å². The zero-order chi connectivity index (χ0) is 15.5. The highest BCUT2D eigenvalue weighted by Crippen LogP contribution is 2.29. The number of nitrogens with zero attached hydrogens (tertiary/aromatic N) is 3. The van der Waals surface area contributed by atoms with Gasteiger partial charge in [0.2, 0.25) is 11.8 Å². The smallest absolute Gasteiger partial charge is 0.220 e. The Labute approximate surface area is 132 Å². The summed E-state index contributed by atoms with van der Waals surface area (Å²) < 4.78 is 5.67. The number of hydrogen-bond acceptors (Lipinski definition) is 4. The van der Waals surface area contributed by atoms with Crippen molar-refractivity contribution in [2.45, 2.75) is 58.5 Å². The Kier molecular flexibility index (Phi) is 4.81. The van der Waals surface area contributed by atoms with E-state index in [0.717, 1.165) is 37.6 Å². The number of rotatable bonds is 6. The molecule has 1 saturated heterocycles. The second-order valence-corrected chi connectivity index (χ2v) is 6.72. The van der Waals surface area contributed by atoms with Crippen LogP contribution in [0.3, 0.4) is 0 Å². The minimum absolute atomic E-state index is 0.117. The SMILES string of the molecule is CCc1cnc(CN(C(C)=O)[C@H]2CCN(CC3CCC3)C2)o1. The number of hydrogen-bond donors (Lipinski definition) is 0. The summed E-state index contributed by atoms with van der Waals surface area (Å²) in [6.07, 6.45) is 7.83. The third-order valence-corrected chi connectivity index (χ3v) is 5.09. The van der Waals surface area contributed by atoms with Crippen LogP contribution in [0.5, 0.6) is 0 Å². The van der Waals surface area contributed by atoms with Gasteiger partial charge in [0.05, 0.1) is 12.7 Å². The van der Waals surface area contributed by atoms with Gasteiger partial charge < -0.3 is 14.2 Å². The summed E-state index contributed by atoms with van der Waals surface area (Å²) in [5.41, 5.74) is 0. The Morgan fingerprint density at radius 3 is 2.86 bits per heavy atom. The van der Waals surface area contributed by atoms with Crippen molar-refractivity contribution in [2.75, 3.05) is 19.6 Å². The number of aromatic nitrogens is 1. The van der Waals surface area contributed by atoms with Gasteiger partial charge in [0.25, 0.3) is 0 Å². The van der Waals surface area contributed by atoms with Gasteiger partial charge in [-0.2, -0.15) is 0 Å². The Morgan fingerprint density at radius 2 is 2.27 bits per heavy atom. The molecule has 1 atom stereocenters. The maximum absolute atomic E-state index is 12.0. The van der Waals surface area contributed by atoms with Crippen LogP contribution in [0.1, 0.15) is 51.2 Å². The van der Waals surface area contributed by atoms with Crippen molar-refractivity contribution >= 4 is 5.91 Å². The highest BCUT2D eigenvalue weighted by molar-refractivity contribution is 5.73. The lowest BCUT2D eigenvalue weighted by Gasteiger charge is -2.31. The third kappa shape index (κ3) is 3.51. The first-order valence-corrected chi connectivity index (χ1v) is 8.59. The van der Waals surface area contributed by atoms with E-state index in [1.54, 1.807) is 13.1 Å². The van der Waals surface area contributed by atoms with Crippen LogP contribution in [0.15, 0.2) is 10.6 Å². The number of oxazole rings is 1. The summed E-state index contributed by atoms with van der Waals surface area (Å²) in [4.78, 5) is 20.8. The van der Waals surface area contributed by atoms with Crippen molar-refractivity contribution in [1.82, 2.24) is 14.8 Å². The first kappa shape index (κ1) is 15.5. The molecule has 0 radical (unpaired) electrons. The van der Waals surface area contributed by atoms with E-state index in [4.69, 9.17) is 4.42 Å². The molecule has 5 nitrogen and oxygen atoms in total. The van der Waals surface area contributed by atoms with E-state index < -0.39 is 0 Å². The molecule has 1 amide bonds. The van der Waals surface area contributed by atoms with Gasteiger partial charge in [0.15, 0.2) is 0 Å². The van der Waals surface area contributed by atoms with Crippen molar-refractivity contribution in [3.05, 3.63) is 17.8 Å². The standard InChI is InChI=1S/C17H27N3O2/c1-3-16-9-18-17(22-16)12-20(13(2)21)15-7-8-19(11-15)10-14-5-4-6-14/h9,14-15H,3-8,10-12H2,1-2H3/t15-/m0/s1. The molecule has 0 bridgehead atoms. The second kappa shape index (κ2) is 6.82. The van der Waals surface area contributed by atoms with Crippen LogP contribution in [-0.4, -0.2) is 46.4 Å². The first-order valence-electron chi connectivity index (χ1n) is 8.59. The molecule has 0 N–H and O–H groups in total. The second-order valence-electron chi connectivity index (χ2n) is 6.72. The molecule has 5 heteroatoms. The molecule has 1 aromatic rings. The van der Waals surface area contributed by atoms with Crippen molar-refractivity contribution < 1.29 is 9.21 Å². The van der Waals surface area contributed by atoms with Crippen LogP contribution in [0.25, 0.3) is 0 Å². The average molecular weight is 305 g/mol. The molecule has 2 aliphatic rings. The zero-order valence-electron chi connectivity index (χ0n) is 13.8. The summed E-state index contributed by atoms with van der Waals surface area (Å²) in [5, 5.41) is 0. The first-order chi connectivity index (χ1) is 10.7. The van der Waals surface area contributed by atoms with Gasteiger partial charge >= 0.3 is 0 Å². The molecular weight excluding hydrogens is 278 g/mol. The van der Waals surface area contributed by atoms with Crippen LogP contribution in [-0.2, 0) is 17.8 Å². The Hall–Kier alpha value is -1.36. The summed E-state index contributed by atoms with van der Waals surface area (Å²) in [6, 6.07) is 0.301. The van der Waals surface area contributed by atoms with E-state index in [1.807, 2.05) is 11.8 Å². The van der Waals surface area contributed by atoms with Crippen molar-refractivity contribution in [3.8, 4) is 0 Å². The minimum Gasteiger partial charge on any atom is -0.444 e. The van der Waals surface area contributed by atoms with Gasteiger partial charge in [0, 0.05) is 39.0 Å². The fraction of sp³-hybridized carbons (Fsp3) is 0.765. The molecule has 3 rings (SSSR count). The highest BCUT2D eigenvalue weighted by Gasteiger charge is 2.32. The number of carbonyl (C=O) groups is 1. The molecule has 2 fully saturated rings. The van der Waals surface area contributed by atoms with Crippen LogP contribution >= 0.6 is 0 Å². The van der Waals surface area contributed by atoms with Gasteiger partial charge in [0.1, 0.15) is 5.76 Å². The normalized spacial score (nSPS) is 22.7. The fourth-order valence-corrected chi connectivity index (χ4v) is 3.50. The largest absolute Gasteiger partial charge is 0.444 e. The number of aryl methyl sites for hydroxylation is 1. The van der Waals surface area contributed by atoms with Crippen molar-refractivity contribution in [1.29, 1.82) is 0 Å². The van der Waals surface area contributed by atoms with Gasteiger partial charge in [-0.25, -0.2) is 4.98 Å². The fourth-order valence-electron chi connectivity index (χ4n) is 3.50. The molecule has 22 heavy (non-hydrogen) atoms. The molecule has 0 unspecified atom stereocenters. The van der Waals surface area contributed by atoms with E-state index in [-0.39, 0.29) is 5.91 Å². The predicted octanol–water partition coefficient (Wildman–Crippen LogP) is 2.46. The molecule has 0 spiro atoms. The average Bonchev–Trinajstić information content (AvgIpc) is 3.09.